The molecule has 0 bridgehead atoms. The number of nitrogens with zero attached hydrogens (tertiary/aromatic N) is 3. The Morgan fingerprint density at radius 1 is 1.36 bits per heavy atom. The summed E-state index contributed by atoms with van der Waals surface area (Å²) in [6.07, 6.45) is 2.39. The Morgan fingerprint density at radius 2 is 2.11 bits per heavy atom. The molecular weight excluding hydrogens is 358 g/mol. The molecule has 0 aliphatic rings. The van der Waals surface area contributed by atoms with Crippen LogP contribution in [-0.2, 0) is 4.74 Å². The highest BCUT2D eigenvalue weighted by Gasteiger charge is 2.18. The molecular formula is C20H25N5O3. The third kappa shape index (κ3) is 3.55. The van der Waals surface area contributed by atoms with Gasteiger partial charge >= 0.3 is 0 Å². The van der Waals surface area contributed by atoms with E-state index in [1.165, 1.54) is 10.5 Å². The van der Waals surface area contributed by atoms with Crippen molar-refractivity contribution in [1.29, 1.82) is 5.41 Å². The second-order valence-corrected chi connectivity index (χ2v) is 7.06. The van der Waals surface area contributed by atoms with Crippen molar-refractivity contribution >= 4 is 22.6 Å². The minimum Gasteiger partial charge on any atom is -0.385 e. The largest absolute Gasteiger partial charge is 0.385 e. The molecule has 3 heterocycles. The highest BCUT2D eigenvalue weighted by atomic mass is 16.5. The van der Waals surface area contributed by atoms with Crippen LogP contribution < -0.4 is 16.4 Å². The number of pyridine rings is 2. The molecule has 0 saturated heterocycles. The molecule has 0 fully saturated rings. The lowest BCUT2D eigenvalue weighted by Gasteiger charge is -2.17. The normalized spacial score (nSPS) is 11.5. The topological polar surface area (TPSA) is 101 Å². The predicted octanol–water partition coefficient (Wildman–Crippen LogP) is 1.78. The Labute approximate surface area is 162 Å². The summed E-state index contributed by atoms with van der Waals surface area (Å²) in [5.41, 5.74) is 1.78. The molecule has 1 amide bonds. The van der Waals surface area contributed by atoms with Crippen molar-refractivity contribution in [3.8, 4) is 0 Å². The number of carbonyl (C=O) groups excluding carboxylic acids is 1. The number of ether oxygens (including phenoxy) is 1. The van der Waals surface area contributed by atoms with Gasteiger partial charge in [0.25, 0.3) is 11.5 Å². The highest BCUT2D eigenvalue weighted by Crippen LogP contribution is 2.14. The van der Waals surface area contributed by atoms with E-state index in [-0.39, 0.29) is 28.6 Å². The number of rotatable bonds is 6. The molecule has 0 aliphatic carbocycles. The summed E-state index contributed by atoms with van der Waals surface area (Å²) in [6, 6.07) is 5.00. The molecule has 8 heteroatoms. The van der Waals surface area contributed by atoms with Gasteiger partial charge in [0.15, 0.2) is 0 Å². The first kappa shape index (κ1) is 19.8. The van der Waals surface area contributed by atoms with Crippen LogP contribution in [0.4, 0.5) is 0 Å². The first-order valence-electron chi connectivity index (χ1n) is 9.25. The van der Waals surface area contributed by atoms with Crippen LogP contribution in [0.5, 0.6) is 0 Å². The number of amides is 1. The first-order valence-corrected chi connectivity index (χ1v) is 9.25. The minimum atomic E-state index is -0.383. The molecule has 0 aromatic carbocycles. The number of hydrogen-bond acceptors (Lipinski definition) is 5. The molecule has 0 radical (unpaired) electrons. The molecule has 8 nitrogen and oxygen atoms in total. The van der Waals surface area contributed by atoms with Gasteiger partial charge in [-0.05, 0) is 44.9 Å². The van der Waals surface area contributed by atoms with Crippen molar-refractivity contribution in [1.82, 2.24) is 19.3 Å². The molecule has 3 aromatic rings. The van der Waals surface area contributed by atoms with E-state index in [1.807, 2.05) is 26.8 Å². The van der Waals surface area contributed by atoms with Gasteiger partial charge in [-0.1, -0.05) is 6.07 Å². The lowest BCUT2D eigenvalue weighted by atomic mass is 10.1. The van der Waals surface area contributed by atoms with Crippen LogP contribution in [0.15, 0.2) is 29.2 Å². The van der Waals surface area contributed by atoms with Gasteiger partial charge in [0.1, 0.15) is 16.8 Å². The average Bonchev–Trinajstić information content (AvgIpc) is 2.65. The van der Waals surface area contributed by atoms with Gasteiger partial charge in [-0.25, -0.2) is 4.98 Å². The molecule has 3 aromatic heterocycles. The molecule has 0 aliphatic heterocycles. The van der Waals surface area contributed by atoms with Crippen LogP contribution in [0, 0.1) is 12.3 Å². The number of methoxy groups -OCH3 is 1. The standard InChI is InChI=1S/C20H25N5O3/c1-12(2)25-17(21)14(19(26)22-8-5-9-28-4)10-15-18(25)23-16-7-6-13(3)11-24(16)20(15)27/h6-7,10-12,21H,5,8-9H2,1-4H3,(H,22,26). The van der Waals surface area contributed by atoms with Crippen molar-refractivity contribution < 1.29 is 9.53 Å². The van der Waals surface area contributed by atoms with E-state index >= 15 is 0 Å². The van der Waals surface area contributed by atoms with Crippen LogP contribution in [0.2, 0.25) is 0 Å². The summed E-state index contributed by atoms with van der Waals surface area (Å²) >= 11 is 0. The van der Waals surface area contributed by atoms with E-state index in [0.29, 0.717) is 36.3 Å². The fraction of sp³-hybridized carbons (Fsp3) is 0.400. The zero-order valence-electron chi connectivity index (χ0n) is 16.6. The summed E-state index contributed by atoms with van der Waals surface area (Å²) in [6.45, 7) is 6.66. The maximum absolute atomic E-state index is 13.1. The van der Waals surface area contributed by atoms with Gasteiger partial charge in [0, 0.05) is 32.5 Å². The second-order valence-electron chi connectivity index (χ2n) is 7.06. The lowest BCUT2D eigenvalue weighted by molar-refractivity contribution is 0.0946. The zero-order valence-corrected chi connectivity index (χ0v) is 16.6. The van der Waals surface area contributed by atoms with Gasteiger partial charge in [-0.3, -0.25) is 19.4 Å². The van der Waals surface area contributed by atoms with Crippen LogP contribution in [0.1, 0.15) is 42.2 Å². The Balaban J connectivity index is 2.24. The Morgan fingerprint density at radius 3 is 2.79 bits per heavy atom. The molecule has 0 atom stereocenters. The van der Waals surface area contributed by atoms with E-state index in [1.54, 1.807) is 23.9 Å². The maximum Gasteiger partial charge on any atom is 0.267 e. The third-order valence-electron chi connectivity index (χ3n) is 4.57. The number of fused-ring (bicyclic) bond motifs is 2. The van der Waals surface area contributed by atoms with Gasteiger partial charge in [0.05, 0.1) is 10.9 Å². The number of nitrogens with one attached hydrogen (secondary N) is 2. The first-order chi connectivity index (χ1) is 13.3. The van der Waals surface area contributed by atoms with Gasteiger partial charge < -0.3 is 14.6 Å². The molecule has 2 N–H and O–H groups in total. The van der Waals surface area contributed by atoms with Gasteiger partial charge in [0.2, 0.25) is 0 Å². The highest BCUT2D eigenvalue weighted by molar-refractivity contribution is 5.96. The van der Waals surface area contributed by atoms with Crippen molar-refractivity contribution in [3.63, 3.8) is 0 Å². The minimum absolute atomic E-state index is 0.0371. The maximum atomic E-state index is 13.1. The van der Waals surface area contributed by atoms with E-state index in [0.717, 1.165) is 5.56 Å². The fourth-order valence-corrected chi connectivity index (χ4v) is 3.19. The molecule has 28 heavy (non-hydrogen) atoms. The van der Waals surface area contributed by atoms with Gasteiger partial charge in [-0.15, -0.1) is 0 Å². The van der Waals surface area contributed by atoms with Crippen molar-refractivity contribution in [3.05, 3.63) is 51.4 Å². The van der Waals surface area contributed by atoms with E-state index < -0.39 is 0 Å². The number of hydrogen-bond donors (Lipinski definition) is 2. The zero-order chi connectivity index (χ0) is 20.4. The summed E-state index contributed by atoms with van der Waals surface area (Å²) in [5, 5.41) is 11.7. The summed E-state index contributed by atoms with van der Waals surface area (Å²) in [4.78, 5) is 30.4. The van der Waals surface area contributed by atoms with Crippen LogP contribution >= 0.6 is 0 Å². The summed E-state index contributed by atoms with van der Waals surface area (Å²) < 4.78 is 8.09. The third-order valence-corrected chi connectivity index (χ3v) is 4.57. The quantitative estimate of drug-likeness (QED) is 0.500. The number of carbonyl (C=O) groups is 1. The number of aromatic nitrogens is 3. The molecule has 3 rings (SSSR count). The average molecular weight is 383 g/mol. The van der Waals surface area contributed by atoms with E-state index in [9.17, 15) is 9.59 Å². The Bertz CT molecular complexity index is 1160. The summed E-state index contributed by atoms with van der Waals surface area (Å²) in [5.74, 6) is -0.383. The van der Waals surface area contributed by atoms with Crippen LogP contribution in [0.3, 0.4) is 0 Å². The molecule has 0 unspecified atom stereocenters. The monoisotopic (exact) mass is 383 g/mol. The summed E-state index contributed by atoms with van der Waals surface area (Å²) in [7, 11) is 1.60. The lowest BCUT2D eigenvalue weighted by Crippen LogP contribution is -2.36. The van der Waals surface area contributed by atoms with Crippen molar-refractivity contribution in [2.24, 2.45) is 0 Å². The van der Waals surface area contributed by atoms with Crippen LogP contribution in [-0.4, -0.2) is 40.1 Å². The van der Waals surface area contributed by atoms with Gasteiger partial charge in [-0.2, -0.15) is 0 Å². The number of aryl methyl sites for hydroxylation is 1. The fourth-order valence-electron chi connectivity index (χ4n) is 3.19. The van der Waals surface area contributed by atoms with Crippen molar-refractivity contribution in [2.75, 3.05) is 20.3 Å². The Hall–Kier alpha value is -3.00. The predicted molar refractivity (Wildman–Crippen MR) is 107 cm³/mol. The second kappa shape index (κ2) is 7.93. The molecule has 0 spiro atoms. The Kier molecular flexibility index (Phi) is 5.60. The van der Waals surface area contributed by atoms with E-state index in [4.69, 9.17) is 10.1 Å². The van der Waals surface area contributed by atoms with E-state index in [2.05, 4.69) is 10.3 Å². The molecule has 0 saturated carbocycles. The SMILES string of the molecule is COCCCNC(=O)c1cc2c(=O)n3cc(C)ccc3nc2n(C(C)C)c1=N. The van der Waals surface area contributed by atoms with Crippen LogP contribution in [0.25, 0.3) is 16.7 Å². The molecule has 148 valence electrons. The smallest absolute Gasteiger partial charge is 0.267 e. The van der Waals surface area contributed by atoms with Crippen molar-refractivity contribution in [2.45, 2.75) is 33.2 Å².